The van der Waals surface area contributed by atoms with Crippen molar-refractivity contribution in [1.29, 1.82) is 0 Å². The van der Waals surface area contributed by atoms with Gasteiger partial charge in [0.1, 0.15) is 0 Å². The van der Waals surface area contributed by atoms with Crippen molar-refractivity contribution in [3.05, 3.63) is 35.4 Å². The van der Waals surface area contributed by atoms with Gasteiger partial charge >= 0.3 is 6.18 Å². The van der Waals surface area contributed by atoms with Gasteiger partial charge in [-0.3, -0.25) is 4.79 Å². The van der Waals surface area contributed by atoms with Crippen LogP contribution in [0.1, 0.15) is 41.6 Å². The Kier molecular flexibility index (Phi) is 5.34. The third-order valence-corrected chi connectivity index (χ3v) is 5.32. The predicted octanol–water partition coefficient (Wildman–Crippen LogP) is 2.57. The molecule has 7 heteroatoms. The number of benzene rings is 1. The van der Waals surface area contributed by atoms with Crippen LogP contribution in [-0.4, -0.2) is 36.2 Å². The van der Waals surface area contributed by atoms with Crippen molar-refractivity contribution in [2.75, 3.05) is 13.1 Å². The summed E-state index contributed by atoms with van der Waals surface area (Å²) in [4.78, 5) is 12.6. The fourth-order valence-corrected chi connectivity index (χ4v) is 3.90. The summed E-state index contributed by atoms with van der Waals surface area (Å²) in [5.41, 5.74) is -1.25. The lowest BCUT2D eigenvalue weighted by molar-refractivity contribution is -0.137. The van der Waals surface area contributed by atoms with Crippen molar-refractivity contribution >= 4 is 5.91 Å². The summed E-state index contributed by atoms with van der Waals surface area (Å²) in [5.74, 6) is -0.335. The van der Waals surface area contributed by atoms with Gasteiger partial charge in [0.15, 0.2) is 0 Å². The maximum absolute atomic E-state index is 13.2. The molecule has 3 N–H and O–H groups in total. The summed E-state index contributed by atoms with van der Waals surface area (Å²) < 4.78 is 39.5. The minimum Gasteiger partial charge on any atom is -0.393 e. The molecule has 25 heavy (non-hydrogen) atoms. The van der Waals surface area contributed by atoms with Gasteiger partial charge < -0.3 is 15.7 Å². The van der Waals surface area contributed by atoms with Gasteiger partial charge in [-0.1, -0.05) is 12.1 Å². The molecule has 0 bridgehead atoms. The lowest BCUT2D eigenvalue weighted by atomic mass is 9.71. The number of rotatable bonds is 4. The zero-order valence-electron chi connectivity index (χ0n) is 13.9. The van der Waals surface area contributed by atoms with Gasteiger partial charge in [0, 0.05) is 6.04 Å². The second-order valence-electron chi connectivity index (χ2n) is 7.02. The van der Waals surface area contributed by atoms with Crippen LogP contribution < -0.4 is 10.6 Å². The van der Waals surface area contributed by atoms with Crippen LogP contribution in [0.5, 0.6) is 0 Å². The highest BCUT2D eigenvalue weighted by Gasteiger charge is 2.40. The van der Waals surface area contributed by atoms with Gasteiger partial charge in [-0.05, 0) is 62.7 Å². The van der Waals surface area contributed by atoms with E-state index in [0.29, 0.717) is 12.8 Å². The van der Waals surface area contributed by atoms with E-state index in [1.807, 2.05) is 0 Å². The number of hydrogen-bond acceptors (Lipinski definition) is 3. The summed E-state index contributed by atoms with van der Waals surface area (Å²) in [6.07, 6.45) is -2.00. The Morgan fingerprint density at radius 1 is 1.16 bits per heavy atom. The normalized spacial score (nSPS) is 25.9. The van der Waals surface area contributed by atoms with E-state index in [4.69, 9.17) is 0 Å². The number of aliphatic hydroxyl groups is 1. The Labute approximate surface area is 144 Å². The quantitative estimate of drug-likeness (QED) is 0.777. The Hall–Kier alpha value is -1.60. The molecule has 1 aromatic rings. The fourth-order valence-electron chi connectivity index (χ4n) is 3.90. The van der Waals surface area contributed by atoms with Gasteiger partial charge in [-0.25, -0.2) is 0 Å². The highest BCUT2D eigenvalue weighted by molar-refractivity contribution is 5.96. The monoisotopic (exact) mass is 356 g/mol. The fraction of sp³-hybridized carbons (Fsp3) is 0.611. The van der Waals surface area contributed by atoms with E-state index in [0.717, 1.165) is 32.0 Å². The first-order valence-corrected chi connectivity index (χ1v) is 8.72. The van der Waals surface area contributed by atoms with Crippen LogP contribution >= 0.6 is 0 Å². The Bertz CT molecular complexity index is 609. The van der Waals surface area contributed by atoms with Crippen LogP contribution in [0.3, 0.4) is 0 Å². The van der Waals surface area contributed by atoms with Crippen LogP contribution in [0.25, 0.3) is 0 Å². The van der Waals surface area contributed by atoms with Gasteiger partial charge in [0.2, 0.25) is 0 Å². The number of hydrogen-bond donors (Lipinski definition) is 3. The number of carbonyl (C=O) groups is 1. The summed E-state index contributed by atoms with van der Waals surface area (Å²) >= 11 is 0. The number of nitrogens with one attached hydrogen (secondary N) is 2. The Balaban J connectivity index is 1.78. The molecule has 4 nitrogen and oxygen atoms in total. The van der Waals surface area contributed by atoms with Crippen LogP contribution in [-0.2, 0) is 6.18 Å². The summed E-state index contributed by atoms with van der Waals surface area (Å²) in [6.45, 7) is 1.68. The molecule has 1 heterocycles. The van der Waals surface area contributed by atoms with Crippen LogP contribution in [0.2, 0.25) is 0 Å². The molecule has 1 saturated carbocycles. The third kappa shape index (κ3) is 4.15. The lowest BCUT2D eigenvalue weighted by Crippen LogP contribution is -2.53. The predicted molar refractivity (Wildman–Crippen MR) is 87.0 cm³/mol. The van der Waals surface area contributed by atoms with E-state index in [9.17, 15) is 23.1 Å². The minimum atomic E-state index is -4.56. The smallest absolute Gasteiger partial charge is 0.393 e. The average Bonchev–Trinajstić information content (AvgIpc) is 2.57. The first-order chi connectivity index (χ1) is 11.9. The van der Waals surface area contributed by atoms with E-state index in [1.165, 1.54) is 18.2 Å². The van der Waals surface area contributed by atoms with E-state index in [1.54, 1.807) is 0 Å². The zero-order valence-corrected chi connectivity index (χ0v) is 13.9. The molecule has 1 saturated heterocycles. The number of halogens is 3. The number of piperidine rings is 1. The molecule has 2 aliphatic rings. The molecule has 1 amide bonds. The largest absolute Gasteiger partial charge is 0.417 e. The minimum absolute atomic E-state index is 0.125. The van der Waals surface area contributed by atoms with Crippen molar-refractivity contribution in [2.45, 2.75) is 44.0 Å². The van der Waals surface area contributed by atoms with E-state index in [2.05, 4.69) is 10.6 Å². The third-order valence-electron chi connectivity index (χ3n) is 5.32. The van der Waals surface area contributed by atoms with E-state index >= 15 is 0 Å². The van der Waals surface area contributed by atoms with Gasteiger partial charge in [-0.2, -0.15) is 13.2 Å². The van der Waals surface area contributed by atoms with Crippen molar-refractivity contribution < 1.29 is 23.1 Å². The van der Waals surface area contributed by atoms with Gasteiger partial charge in [0.25, 0.3) is 5.91 Å². The topological polar surface area (TPSA) is 61.4 Å². The number of alkyl halides is 3. The summed E-state index contributed by atoms with van der Waals surface area (Å²) in [6, 6.07) is 4.68. The molecule has 0 spiro atoms. The molecule has 2 fully saturated rings. The Morgan fingerprint density at radius 3 is 2.40 bits per heavy atom. The molecular weight excluding hydrogens is 333 g/mol. The van der Waals surface area contributed by atoms with Crippen molar-refractivity contribution in [2.24, 2.45) is 11.8 Å². The highest BCUT2D eigenvalue weighted by atomic mass is 19.4. The maximum atomic E-state index is 13.2. The molecule has 1 aliphatic carbocycles. The second-order valence-corrected chi connectivity index (χ2v) is 7.02. The highest BCUT2D eigenvalue weighted by Crippen LogP contribution is 2.37. The maximum Gasteiger partial charge on any atom is 0.417 e. The van der Waals surface area contributed by atoms with E-state index in [-0.39, 0.29) is 29.5 Å². The molecule has 1 atom stereocenters. The zero-order chi connectivity index (χ0) is 18.0. The molecular formula is C18H23F3N2O2. The SMILES string of the molecule is O=C(N[C@H](C1CCNCC1)C1CC(O)C1)c1ccccc1C(F)(F)F. The molecule has 3 rings (SSSR count). The standard InChI is InChI=1S/C18H23F3N2O2/c19-18(20,21)15-4-2-1-3-14(15)17(25)23-16(12-9-13(24)10-12)11-5-7-22-8-6-11/h1-4,11-13,16,22,24H,5-10H2,(H,23,25)/t12?,13?,16-/m1/s1. The molecule has 138 valence electrons. The summed E-state index contributed by atoms with van der Waals surface area (Å²) in [7, 11) is 0. The van der Waals surface area contributed by atoms with Crippen LogP contribution in [0.15, 0.2) is 24.3 Å². The molecule has 1 aliphatic heterocycles. The average molecular weight is 356 g/mol. The van der Waals surface area contributed by atoms with Crippen molar-refractivity contribution in [3.63, 3.8) is 0 Å². The molecule has 0 unspecified atom stereocenters. The first kappa shape index (κ1) is 18.2. The lowest BCUT2D eigenvalue weighted by Gasteiger charge is -2.43. The number of carbonyl (C=O) groups excluding carboxylic acids is 1. The molecule has 0 aromatic heterocycles. The summed E-state index contributed by atoms with van der Waals surface area (Å²) in [5, 5.41) is 15.7. The Morgan fingerprint density at radius 2 is 1.80 bits per heavy atom. The van der Waals surface area contributed by atoms with Crippen LogP contribution in [0.4, 0.5) is 13.2 Å². The number of amides is 1. The van der Waals surface area contributed by atoms with Gasteiger partial charge in [-0.15, -0.1) is 0 Å². The van der Waals surface area contributed by atoms with E-state index < -0.39 is 17.6 Å². The molecule has 0 radical (unpaired) electrons. The van der Waals surface area contributed by atoms with Crippen molar-refractivity contribution in [3.8, 4) is 0 Å². The van der Waals surface area contributed by atoms with Gasteiger partial charge in [0.05, 0.1) is 17.2 Å². The molecule has 1 aromatic carbocycles. The first-order valence-electron chi connectivity index (χ1n) is 8.72. The second kappa shape index (κ2) is 7.33. The van der Waals surface area contributed by atoms with Crippen molar-refractivity contribution in [1.82, 2.24) is 10.6 Å². The number of aliphatic hydroxyl groups excluding tert-OH is 1. The van der Waals surface area contributed by atoms with Crippen LogP contribution in [0, 0.1) is 11.8 Å².